The predicted octanol–water partition coefficient (Wildman–Crippen LogP) is 1.73. The number of rotatable bonds is 3. The van der Waals surface area contributed by atoms with Crippen molar-refractivity contribution in [2.75, 3.05) is 26.2 Å². The van der Waals surface area contributed by atoms with E-state index in [0.29, 0.717) is 6.42 Å². The maximum Gasteiger partial charge on any atom is 0.227 e. The highest BCUT2D eigenvalue weighted by atomic mass is 16.5. The Labute approximate surface area is 141 Å². The van der Waals surface area contributed by atoms with Crippen molar-refractivity contribution in [3.63, 3.8) is 0 Å². The van der Waals surface area contributed by atoms with Gasteiger partial charge in [-0.3, -0.25) is 9.78 Å². The van der Waals surface area contributed by atoms with E-state index in [1.165, 1.54) is 5.56 Å². The fraction of sp³-hybridized carbons (Fsp3) is 0.368. The Morgan fingerprint density at radius 3 is 3.04 bits per heavy atom. The second kappa shape index (κ2) is 6.61. The molecule has 124 valence electrons. The Hall–Kier alpha value is -2.40. The van der Waals surface area contributed by atoms with Gasteiger partial charge >= 0.3 is 0 Å². The highest BCUT2D eigenvalue weighted by Crippen LogP contribution is 2.27. The highest BCUT2D eigenvalue weighted by Gasteiger charge is 2.28. The molecule has 2 aliphatic heterocycles. The summed E-state index contributed by atoms with van der Waals surface area (Å²) in [7, 11) is 0. The van der Waals surface area contributed by atoms with Gasteiger partial charge in [-0.25, -0.2) is 0 Å². The number of carbonyl (C=O) groups excluding carboxylic acids is 1. The zero-order valence-electron chi connectivity index (χ0n) is 13.6. The first kappa shape index (κ1) is 15.1. The number of nitrogens with one attached hydrogen (secondary N) is 1. The largest absolute Gasteiger partial charge is 0.493 e. The maximum absolute atomic E-state index is 12.9. The minimum Gasteiger partial charge on any atom is -0.493 e. The second-order valence-electron chi connectivity index (χ2n) is 6.30. The third-order valence-corrected chi connectivity index (χ3v) is 4.76. The first-order valence-electron chi connectivity index (χ1n) is 8.46. The van der Waals surface area contributed by atoms with Gasteiger partial charge in [0.1, 0.15) is 5.75 Å². The molecular weight excluding hydrogens is 302 g/mol. The maximum atomic E-state index is 12.9. The van der Waals surface area contributed by atoms with Crippen LogP contribution in [0, 0.1) is 0 Å². The topological polar surface area (TPSA) is 54.5 Å². The summed E-state index contributed by atoms with van der Waals surface area (Å²) in [5, 5.41) is 3.39. The van der Waals surface area contributed by atoms with Crippen LogP contribution in [0.15, 0.2) is 42.7 Å². The van der Waals surface area contributed by atoms with Gasteiger partial charge in [0.2, 0.25) is 5.91 Å². The lowest BCUT2D eigenvalue weighted by molar-refractivity contribution is -0.133. The van der Waals surface area contributed by atoms with Crippen LogP contribution < -0.4 is 10.1 Å². The molecule has 3 heterocycles. The molecule has 1 saturated heterocycles. The molecule has 0 radical (unpaired) electrons. The Bertz CT molecular complexity index is 733. The van der Waals surface area contributed by atoms with Crippen molar-refractivity contribution in [1.29, 1.82) is 0 Å². The Morgan fingerprint density at radius 1 is 1.29 bits per heavy atom. The third-order valence-electron chi connectivity index (χ3n) is 4.76. The van der Waals surface area contributed by atoms with Gasteiger partial charge in [0, 0.05) is 38.4 Å². The van der Waals surface area contributed by atoms with E-state index in [0.717, 1.165) is 49.5 Å². The molecule has 0 aliphatic carbocycles. The number of carbonyl (C=O) groups is 1. The number of piperazine rings is 1. The smallest absolute Gasteiger partial charge is 0.227 e. The fourth-order valence-corrected chi connectivity index (χ4v) is 3.51. The molecule has 0 saturated carbocycles. The Balaban J connectivity index is 1.51. The second-order valence-corrected chi connectivity index (χ2v) is 6.30. The minimum absolute atomic E-state index is 0.0759. The SMILES string of the molecule is O=C(Cc1ccc2c(c1)CCO2)N1CCNC[C@@H]1c1ccncc1. The summed E-state index contributed by atoms with van der Waals surface area (Å²) >= 11 is 0. The number of amides is 1. The Kier molecular flexibility index (Phi) is 4.17. The van der Waals surface area contributed by atoms with Gasteiger partial charge in [-0.2, -0.15) is 0 Å². The molecule has 0 spiro atoms. The summed E-state index contributed by atoms with van der Waals surface area (Å²) in [6, 6.07) is 10.2. The van der Waals surface area contributed by atoms with Crippen LogP contribution in [0.1, 0.15) is 22.7 Å². The number of nitrogens with zero attached hydrogens (tertiary/aromatic N) is 2. The standard InChI is InChI=1S/C19H21N3O2/c23-19(12-14-1-2-18-16(11-14)5-10-24-18)22-9-8-21-13-17(22)15-3-6-20-7-4-15/h1-4,6-7,11,17,21H,5,8-10,12-13H2/t17-/m1/s1. The van der Waals surface area contributed by atoms with E-state index in [-0.39, 0.29) is 11.9 Å². The molecular formula is C19H21N3O2. The summed E-state index contributed by atoms with van der Waals surface area (Å²) < 4.78 is 5.54. The molecule has 1 fully saturated rings. The van der Waals surface area contributed by atoms with Gasteiger partial charge in [0.25, 0.3) is 0 Å². The van der Waals surface area contributed by atoms with E-state index in [9.17, 15) is 4.79 Å². The van der Waals surface area contributed by atoms with E-state index in [1.807, 2.05) is 29.2 Å². The average molecular weight is 323 g/mol. The number of fused-ring (bicyclic) bond motifs is 1. The molecule has 24 heavy (non-hydrogen) atoms. The lowest BCUT2D eigenvalue weighted by atomic mass is 10.0. The number of pyridine rings is 1. The molecule has 1 amide bonds. The predicted molar refractivity (Wildman–Crippen MR) is 90.9 cm³/mol. The van der Waals surface area contributed by atoms with E-state index in [2.05, 4.69) is 16.4 Å². The zero-order valence-corrected chi connectivity index (χ0v) is 13.6. The third kappa shape index (κ3) is 2.99. The number of hydrogen-bond acceptors (Lipinski definition) is 4. The first-order chi connectivity index (χ1) is 11.8. The summed E-state index contributed by atoms with van der Waals surface area (Å²) in [5.74, 6) is 1.14. The van der Waals surface area contributed by atoms with Crippen LogP contribution >= 0.6 is 0 Å². The van der Waals surface area contributed by atoms with Crippen LogP contribution in [0.5, 0.6) is 5.75 Å². The van der Waals surface area contributed by atoms with Gasteiger partial charge in [0.05, 0.1) is 19.1 Å². The molecule has 1 aromatic heterocycles. The zero-order chi connectivity index (χ0) is 16.4. The van der Waals surface area contributed by atoms with Gasteiger partial charge in [0.15, 0.2) is 0 Å². The van der Waals surface area contributed by atoms with Crippen molar-refractivity contribution in [2.45, 2.75) is 18.9 Å². The van der Waals surface area contributed by atoms with E-state index >= 15 is 0 Å². The molecule has 1 atom stereocenters. The van der Waals surface area contributed by atoms with Gasteiger partial charge in [-0.05, 0) is 34.9 Å². The number of ether oxygens (including phenoxy) is 1. The molecule has 0 bridgehead atoms. The van der Waals surface area contributed by atoms with Crippen LogP contribution in [0.3, 0.4) is 0 Å². The average Bonchev–Trinajstić information content (AvgIpc) is 3.10. The van der Waals surface area contributed by atoms with Crippen molar-refractivity contribution < 1.29 is 9.53 Å². The number of aromatic nitrogens is 1. The lowest BCUT2D eigenvalue weighted by Gasteiger charge is -2.36. The molecule has 2 aromatic rings. The van der Waals surface area contributed by atoms with Crippen molar-refractivity contribution in [3.8, 4) is 5.75 Å². The van der Waals surface area contributed by atoms with Crippen LogP contribution in [0.4, 0.5) is 0 Å². The summed E-state index contributed by atoms with van der Waals surface area (Å²) in [6.45, 7) is 3.10. The van der Waals surface area contributed by atoms with E-state index < -0.39 is 0 Å². The lowest BCUT2D eigenvalue weighted by Crippen LogP contribution is -2.49. The summed E-state index contributed by atoms with van der Waals surface area (Å²) in [6.07, 6.45) is 4.94. The first-order valence-corrected chi connectivity index (χ1v) is 8.46. The van der Waals surface area contributed by atoms with Crippen LogP contribution in [-0.4, -0.2) is 42.0 Å². The number of hydrogen-bond donors (Lipinski definition) is 1. The molecule has 2 aliphatic rings. The quantitative estimate of drug-likeness (QED) is 0.935. The van der Waals surface area contributed by atoms with E-state index in [4.69, 9.17) is 4.74 Å². The van der Waals surface area contributed by atoms with Gasteiger partial charge in [-0.15, -0.1) is 0 Å². The molecule has 1 aromatic carbocycles. The van der Waals surface area contributed by atoms with Gasteiger partial charge < -0.3 is 15.0 Å². The van der Waals surface area contributed by atoms with E-state index in [1.54, 1.807) is 12.4 Å². The summed E-state index contributed by atoms with van der Waals surface area (Å²) in [4.78, 5) is 19.0. The fourth-order valence-electron chi connectivity index (χ4n) is 3.51. The van der Waals surface area contributed by atoms with Crippen molar-refractivity contribution >= 4 is 5.91 Å². The molecule has 1 N–H and O–H groups in total. The molecule has 0 unspecified atom stereocenters. The van der Waals surface area contributed by atoms with Crippen LogP contribution in [0.25, 0.3) is 0 Å². The Morgan fingerprint density at radius 2 is 2.17 bits per heavy atom. The molecule has 5 nitrogen and oxygen atoms in total. The summed E-state index contributed by atoms with van der Waals surface area (Å²) in [5.41, 5.74) is 3.41. The van der Waals surface area contributed by atoms with Crippen LogP contribution in [-0.2, 0) is 17.6 Å². The van der Waals surface area contributed by atoms with Gasteiger partial charge in [-0.1, -0.05) is 12.1 Å². The minimum atomic E-state index is 0.0759. The van der Waals surface area contributed by atoms with Crippen molar-refractivity contribution in [3.05, 3.63) is 59.4 Å². The normalized spacial score (nSPS) is 19.7. The van der Waals surface area contributed by atoms with Crippen LogP contribution in [0.2, 0.25) is 0 Å². The van der Waals surface area contributed by atoms with Crippen molar-refractivity contribution in [1.82, 2.24) is 15.2 Å². The molecule has 4 rings (SSSR count). The van der Waals surface area contributed by atoms with Crippen molar-refractivity contribution in [2.24, 2.45) is 0 Å². The molecule has 5 heteroatoms. The number of benzene rings is 1. The monoisotopic (exact) mass is 323 g/mol. The highest BCUT2D eigenvalue weighted by molar-refractivity contribution is 5.79.